The number of phenols is 1. The molecule has 0 saturated heterocycles. The van der Waals surface area contributed by atoms with Crippen LogP contribution >= 0.6 is 0 Å². The molecule has 0 heterocycles. The minimum absolute atomic E-state index is 0. The minimum atomic E-state index is -0.668. The lowest BCUT2D eigenvalue weighted by atomic mass is 9.99. The molecule has 0 aromatic heterocycles. The number of carbonyl (C=O) groups excluding carboxylic acids is 1. The summed E-state index contributed by atoms with van der Waals surface area (Å²) in [7, 11) is 0. The SMILES string of the molecule is C.C.C.C.CCC(C)c1ccc(O)cc1.CCC(C)c1ccc(OC(=O)OC(C)(C)C)cc1. The Bertz CT molecular complexity index is 728. The Labute approximate surface area is 205 Å². The number of aromatic hydroxyl groups is 1. The van der Waals surface area contributed by atoms with Crippen LogP contribution in [0.3, 0.4) is 0 Å². The highest BCUT2D eigenvalue weighted by atomic mass is 16.7. The average Bonchev–Trinajstić information content (AvgIpc) is 2.67. The Kier molecular flexibility index (Phi) is 20.6. The molecule has 2 unspecified atom stereocenters. The van der Waals surface area contributed by atoms with Crippen LogP contribution in [0, 0.1) is 0 Å². The lowest BCUT2D eigenvalue weighted by Crippen LogP contribution is -2.25. The van der Waals surface area contributed by atoms with Gasteiger partial charge < -0.3 is 14.6 Å². The minimum Gasteiger partial charge on any atom is -0.508 e. The summed E-state index contributed by atoms with van der Waals surface area (Å²) in [6.45, 7) is 14.1. The summed E-state index contributed by atoms with van der Waals surface area (Å²) < 4.78 is 10.2. The van der Waals surface area contributed by atoms with Crippen LogP contribution in [-0.4, -0.2) is 16.9 Å². The van der Waals surface area contributed by atoms with E-state index in [1.54, 1.807) is 45.0 Å². The van der Waals surface area contributed by atoms with Gasteiger partial charge in [0, 0.05) is 0 Å². The number of hydrogen-bond donors (Lipinski definition) is 1. The highest BCUT2D eigenvalue weighted by Gasteiger charge is 2.18. The predicted molar refractivity (Wildman–Crippen MR) is 146 cm³/mol. The molecule has 2 rings (SSSR count). The maximum absolute atomic E-state index is 11.5. The van der Waals surface area contributed by atoms with E-state index in [2.05, 4.69) is 27.7 Å². The monoisotopic (exact) mass is 464 g/mol. The Balaban J connectivity index is -0.000000246. The normalized spacial score (nSPS) is 11.4. The van der Waals surface area contributed by atoms with Crippen molar-refractivity contribution in [1.82, 2.24) is 0 Å². The van der Waals surface area contributed by atoms with Gasteiger partial charge in [-0.15, -0.1) is 0 Å². The molecule has 0 saturated carbocycles. The molecule has 1 N–H and O–H groups in total. The van der Waals surface area contributed by atoms with Crippen molar-refractivity contribution < 1.29 is 19.4 Å². The third-order valence-electron chi connectivity index (χ3n) is 4.73. The number of ether oxygens (including phenoxy) is 2. The highest BCUT2D eigenvalue weighted by molar-refractivity contribution is 5.64. The van der Waals surface area contributed by atoms with Crippen LogP contribution in [-0.2, 0) is 4.74 Å². The highest BCUT2D eigenvalue weighted by Crippen LogP contribution is 2.22. The molecule has 0 bridgehead atoms. The molecule has 2 aromatic rings. The molecule has 2 aromatic carbocycles. The Morgan fingerprint density at radius 1 is 0.788 bits per heavy atom. The van der Waals surface area contributed by atoms with Crippen molar-refractivity contribution in [3.05, 3.63) is 59.7 Å². The maximum atomic E-state index is 11.5. The number of hydrogen-bond acceptors (Lipinski definition) is 4. The number of phenolic OH excluding ortho intramolecular Hbond substituents is 1. The van der Waals surface area contributed by atoms with Gasteiger partial charge in [-0.1, -0.05) is 81.7 Å². The third kappa shape index (κ3) is 15.1. The van der Waals surface area contributed by atoms with Crippen LogP contribution < -0.4 is 4.74 Å². The molecule has 0 aliphatic heterocycles. The first-order chi connectivity index (χ1) is 13.6. The molecule has 0 aliphatic rings. The van der Waals surface area contributed by atoms with E-state index < -0.39 is 11.8 Å². The van der Waals surface area contributed by atoms with Gasteiger partial charge in [-0.05, 0) is 80.8 Å². The second-order valence-corrected chi connectivity index (χ2v) is 8.35. The number of rotatable bonds is 5. The van der Waals surface area contributed by atoms with Crippen LogP contribution in [0.5, 0.6) is 11.5 Å². The molecular weight excluding hydrogens is 412 g/mol. The Hall–Kier alpha value is -2.49. The molecular formula is C29H52O4. The van der Waals surface area contributed by atoms with E-state index in [0.717, 1.165) is 12.8 Å². The van der Waals surface area contributed by atoms with Gasteiger partial charge in [-0.25, -0.2) is 4.79 Å². The average molecular weight is 465 g/mol. The molecule has 0 amide bonds. The summed E-state index contributed by atoms with van der Waals surface area (Å²) >= 11 is 0. The van der Waals surface area contributed by atoms with Crippen molar-refractivity contribution in [3.63, 3.8) is 0 Å². The molecule has 33 heavy (non-hydrogen) atoms. The summed E-state index contributed by atoms with van der Waals surface area (Å²) in [4.78, 5) is 11.5. The van der Waals surface area contributed by atoms with Gasteiger partial charge in [-0.2, -0.15) is 0 Å². The number of benzene rings is 2. The van der Waals surface area contributed by atoms with Gasteiger partial charge in [0.2, 0.25) is 0 Å². The van der Waals surface area contributed by atoms with E-state index in [-0.39, 0.29) is 29.7 Å². The van der Waals surface area contributed by atoms with E-state index >= 15 is 0 Å². The molecule has 4 heteroatoms. The fourth-order valence-corrected chi connectivity index (χ4v) is 2.51. The predicted octanol–water partition coefficient (Wildman–Crippen LogP) is 9.96. The maximum Gasteiger partial charge on any atom is 0.514 e. The zero-order chi connectivity index (χ0) is 22.0. The fraction of sp³-hybridized carbons (Fsp3) is 0.552. The van der Waals surface area contributed by atoms with E-state index in [0.29, 0.717) is 23.3 Å². The third-order valence-corrected chi connectivity index (χ3v) is 4.73. The van der Waals surface area contributed by atoms with Crippen LogP contribution in [0.25, 0.3) is 0 Å². The first-order valence-corrected chi connectivity index (χ1v) is 10.3. The van der Waals surface area contributed by atoms with E-state index in [4.69, 9.17) is 14.6 Å². The number of carbonyl (C=O) groups is 1. The van der Waals surface area contributed by atoms with Crippen LogP contribution in [0.4, 0.5) is 4.79 Å². The van der Waals surface area contributed by atoms with Crippen molar-refractivity contribution in [2.75, 3.05) is 0 Å². The van der Waals surface area contributed by atoms with Crippen molar-refractivity contribution in [1.29, 1.82) is 0 Å². The summed E-state index contributed by atoms with van der Waals surface area (Å²) in [5.74, 6) is 1.96. The zero-order valence-electron chi connectivity index (χ0n) is 18.9. The van der Waals surface area contributed by atoms with E-state index in [1.165, 1.54) is 11.1 Å². The van der Waals surface area contributed by atoms with Gasteiger partial charge in [0.15, 0.2) is 0 Å². The topological polar surface area (TPSA) is 55.8 Å². The lowest BCUT2D eigenvalue weighted by molar-refractivity contribution is 0.0206. The fourth-order valence-electron chi connectivity index (χ4n) is 2.51. The van der Waals surface area contributed by atoms with E-state index in [9.17, 15) is 4.79 Å². The van der Waals surface area contributed by atoms with Crippen molar-refractivity contribution >= 4 is 6.16 Å². The van der Waals surface area contributed by atoms with Crippen LogP contribution in [0.1, 0.15) is 114 Å². The van der Waals surface area contributed by atoms with Crippen LogP contribution in [0.15, 0.2) is 48.5 Å². The van der Waals surface area contributed by atoms with Crippen LogP contribution in [0.2, 0.25) is 0 Å². The van der Waals surface area contributed by atoms with Gasteiger partial charge in [0.25, 0.3) is 0 Å². The second kappa shape index (κ2) is 18.0. The quantitative estimate of drug-likeness (QED) is 0.353. The Morgan fingerprint density at radius 2 is 1.15 bits per heavy atom. The summed E-state index contributed by atoms with van der Waals surface area (Å²) in [6, 6.07) is 15.0. The zero-order valence-corrected chi connectivity index (χ0v) is 18.9. The molecule has 0 spiro atoms. The molecule has 0 aliphatic carbocycles. The largest absolute Gasteiger partial charge is 0.514 e. The molecule has 4 nitrogen and oxygen atoms in total. The molecule has 2 atom stereocenters. The van der Waals surface area contributed by atoms with Gasteiger partial charge in [0.1, 0.15) is 17.1 Å². The van der Waals surface area contributed by atoms with Crippen molar-refractivity contribution in [3.8, 4) is 11.5 Å². The smallest absolute Gasteiger partial charge is 0.508 e. The van der Waals surface area contributed by atoms with Crippen molar-refractivity contribution in [2.45, 2.75) is 108 Å². The summed E-state index contributed by atoms with van der Waals surface area (Å²) in [5, 5.41) is 9.01. The van der Waals surface area contributed by atoms with Gasteiger partial charge in [0.05, 0.1) is 0 Å². The molecule has 192 valence electrons. The van der Waals surface area contributed by atoms with Gasteiger partial charge in [-0.3, -0.25) is 0 Å². The van der Waals surface area contributed by atoms with E-state index in [1.807, 2.05) is 24.3 Å². The van der Waals surface area contributed by atoms with Crippen molar-refractivity contribution in [2.24, 2.45) is 0 Å². The lowest BCUT2D eigenvalue weighted by Gasteiger charge is -2.18. The van der Waals surface area contributed by atoms with Gasteiger partial charge >= 0.3 is 6.16 Å². The first kappa shape index (κ1) is 37.8. The summed E-state index contributed by atoms with van der Waals surface area (Å²) in [6.07, 6.45) is 1.57. The standard InChI is InChI=1S/C15H22O3.C10H14O.4CH4/c1-6-11(2)12-7-9-13(10-8-12)17-14(16)18-15(3,4)5;1-3-8(2)9-4-6-10(11)7-5-9;;;;/h7-11H,6H2,1-5H3;4-8,11H,3H2,1-2H3;4*1H4. The second-order valence-electron chi connectivity index (χ2n) is 8.35. The first-order valence-electron chi connectivity index (χ1n) is 10.3. The summed E-state index contributed by atoms with van der Waals surface area (Å²) in [5.41, 5.74) is 2.01. The molecule has 0 radical (unpaired) electrons. The molecule has 0 fully saturated rings. The Morgan fingerprint density at radius 3 is 1.48 bits per heavy atom.